The minimum absolute atomic E-state index is 0.0144. The van der Waals surface area contributed by atoms with Gasteiger partial charge in [0.1, 0.15) is 11.5 Å². The SMILES string of the molecule is Cc1ccc(Oc2ccc(NC(=O)[C@@H]3CC(=O)N(c4c(C)cccc4C)C3)cc2)cc1. The number of amides is 2. The molecule has 1 aliphatic heterocycles. The van der Waals surface area contributed by atoms with E-state index < -0.39 is 0 Å². The molecular weight excluding hydrogens is 388 g/mol. The Labute approximate surface area is 182 Å². The van der Waals surface area contributed by atoms with E-state index in [0.29, 0.717) is 18.0 Å². The van der Waals surface area contributed by atoms with Crippen LogP contribution in [0.3, 0.4) is 0 Å². The number of benzene rings is 3. The van der Waals surface area contributed by atoms with Gasteiger partial charge in [-0.25, -0.2) is 0 Å². The first-order chi connectivity index (χ1) is 14.9. The maximum atomic E-state index is 12.8. The Bertz CT molecular complexity index is 1080. The Hall–Kier alpha value is -3.60. The summed E-state index contributed by atoms with van der Waals surface area (Å²) in [4.78, 5) is 27.2. The molecule has 0 spiro atoms. The molecule has 31 heavy (non-hydrogen) atoms. The van der Waals surface area contributed by atoms with Crippen molar-refractivity contribution in [2.75, 3.05) is 16.8 Å². The number of para-hydroxylation sites is 1. The summed E-state index contributed by atoms with van der Waals surface area (Å²) < 4.78 is 5.83. The molecule has 1 fully saturated rings. The number of ether oxygens (including phenoxy) is 1. The van der Waals surface area contributed by atoms with Gasteiger partial charge in [0, 0.05) is 24.3 Å². The Morgan fingerprint density at radius 3 is 2.10 bits per heavy atom. The smallest absolute Gasteiger partial charge is 0.229 e. The third-order valence-corrected chi connectivity index (χ3v) is 5.58. The normalized spacial score (nSPS) is 15.8. The Morgan fingerprint density at radius 2 is 1.48 bits per heavy atom. The first-order valence-electron chi connectivity index (χ1n) is 10.4. The van der Waals surface area contributed by atoms with E-state index in [9.17, 15) is 9.59 Å². The predicted molar refractivity (Wildman–Crippen MR) is 123 cm³/mol. The van der Waals surface area contributed by atoms with Crippen molar-refractivity contribution < 1.29 is 14.3 Å². The minimum Gasteiger partial charge on any atom is -0.457 e. The van der Waals surface area contributed by atoms with E-state index in [1.54, 1.807) is 4.90 Å². The first-order valence-corrected chi connectivity index (χ1v) is 10.4. The Kier molecular flexibility index (Phi) is 5.76. The summed E-state index contributed by atoms with van der Waals surface area (Å²) in [6.07, 6.45) is 0.216. The molecule has 3 aromatic rings. The molecule has 0 aromatic heterocycles. The van der Waals surface area contributed by atoms with Crippen LogP contribution in [0.15, 0.2) is 66.7 Å². The van der Waals surface area contributed by atoms with Crippen molar-refractivity contribution in [1.82, 2.24) is 0 Å². The highest BCUT2D eigenvalue weighted by Gasteiger charge is 2.36. The summed E-state index contributed by atoms with van der Waals surface area (Å²) in [5, 5.41) is 2.93. The summed E-state index contributed by atoms with van der Waals surface area (Å²) in [7, 11) is 0. The second-order valence-electron chi connectivity index (χ2n) is 8.07. The van der Waals surface area contributed by atoms with E-state index in [0.717, 1.165) is 22.6 Å². The number of nitrogens with zero attached hydrogens (tertiary/aromatic N) is 1. The maximum Gasteiger partial charge on any atom is 0.229 e. The lowest BCUT2D eigenvalue weighted by Gasteiger charge is -2.21. The molecule has 1 heterocycles. The zero-order chi connectivity index (χ0) is 22.0. The molecule has 1 atom stereocenters. The lowest BCUT2D eigenvalue weighted by atomic mass is 10.1. The fourth-order valence-corrected chi connectivity index (χ4v) is 3.92. The van der Waals surface area contributed by atoms with E-state index in [4.69, 9.17) is 4.74 Å². The van der Waals surface area contributed by atoms with Gasteiger partial charge in [-0.1, -0.05) is 35.9 Å². The van der Waals surface area contributed by atoms with Crippen LogP contribution in [-0.4, -0.2) is 18.4 Å². The number of carbonyl (C=O) groups excluding carboxylic acids is 2. The van der Waals surface area contributed by atoms with E-state index >= 15 is 0 Å². The summed E-state index contributed by atoms with van der Waals surface area (Å²) in [6.45, 7) is 6.40. The zero-order valence-electron chi connectivity index (χ0n) is 18.0. The molecular formula is C26H26N2O3. The predicted octanol–water partition coefficient (Wildman–Crippen LogP) is 5.40. The van der Waals surface area contributed by atoms with Crippen molar-refractivity contribution in [2.24, 2.45) is 5.92 Å². The number of hydrogen-bond donors (Lipinski definition) is 1. The first kappa shape index (κ1) is 20.7. The Balaban J connectivity index is 1.39. The van der Waals surface area contributed by atoms with Crippen molar-refractivity contribution in [1.29, 1.82) is 0 Å². The van der Waals surface area contributed by atoms with Crippen LogP contribution in [0, 0.1) is 26.7 Å². The molecule has 0 aliphatic carbocycles. The van der Waals surface area contributed by atoms with E-state index in [1.165, 1.54) is 5.56 Å². The lowest BCUT2D eigenvalue weighted by molar-refractivity contribution is -0.122. The van der Waals surface area contributed by atoms with Gasteiger partial charge in [0.25, 0.3) is 0 Å². The summed E-state index contributed by atoms with van der Waals surface area (Å²) in [6, 6.07) is 21.0. The van der Waals surface area contributed by atoms with Gasteiger partial charge in [-0.2, -0.15) is 0 Å². The number of rotatable bonds is 5. The van der Waals surface area contributed by atoms with E-state index in [1.807, 2.05) is 87.5 Å². The quantitative estimate of drug-likeness (QED) is 0.608. The summed E-state index contributed by atoms with van der Waals surface area (Å²) >= 11 is 0. The molecule has 1 saturated heterocycles. The summed E-state index contributed by atoms with van der Waals surface area (Å²) in [5.74, 6) is 0.918. The molecule has 5 nitrogen and oxygen atoms in total. The van der Waals surface area contributed by atoms with Gasteiger partial charge >= 0.3 is 0 Å². The van der Waals surface area contributed by atoms with Crippen molar-refractivity contribution in [3.63, 3.8) is 0 Å². The van der Waals surface area contributed by atoms with Crippen LogP contribution >= 0.6 is 0 Å². The largest absolute Gasteiger partial charge is 0.457 e. The lowest BCUT2D eigenvalue weighted by Crippen LogP contribution is -2.29. The van der Waals surface area contributed by atoms with Crippen LogP contribution in [0.25, 0.3) is 0 Å². The highest BCUT2D eigenvalue weighted by atomic mass is 16.5. The van der Waals surface area contributed by atoms with Crippen LogP contribution in [-0.2, 0) is 9.59 Å². The standard InChI is InChI=1S/C26H26N2O3/c1-17-7-11-22(12-8-17)31-23-13-9-21(10-14-23)27-26(30)20-15-24(29)28(16-20)25-18(2)5-4-6-19(25)3/h4-14,20H,15-16H2,1-3H3,(H,27,30)/t20-/m1/s1. The third kappa shape index (κ3) is 4.61. The maximum absolute atomic E-state index is 12.8. The van der Waals surface area contributed by atoms with Gasteiger partial charge in [0.2, 0.25) is 11.8 Å². The zero-order valence-corrected chi connectivity index (χ0v) is 18.0. The van der Waals surface area contributed by atoms with Crippen LogP contribution in [0.4, 0.5) is 11.4 Å². The van der Waals surface area contributed by atoms with Gasteiger partial charge in [-0.15, -0.1) is 0 Å². The number of nitrogens with one attached hydrogen (secondary N) is 1. The molecule has 0 unspecified atom stereocenters. The van der Waals surface area contributed by atoms with Crippen LogP contribution in [0.2, 0.25) is 0 Å². The Morgan fingerprint density at radius 1 is 0.903 bits per heavy atom. The third-order valence-electron chi connectivity index (χ3n) is 5.58. The monoisotopic (exact) mass is 414 g/mol. The average molecular weight is 415 g/mol. The van der Waals surface area contributed by atoms with Crippen LogP contribution in [0.1, 0.15) is 23.1 Å². The van der Waals surface area contributed by atoms with Gasteiger partial charge in [-0.05, 0) is 68.3 Å². The second-order valence-corrected chi connectivity index (χ2v) is 8.07. The fraction of sp³-hybridized carbons (Fsp3) is 0.231. The van der Waals surface area contributed by atoms with E-state index in [-0.39, 0.29) is 24.2 Å². The summed E-state index contributed by atoms with van der Waals surface area (Å²) in [5.41, 5.74) is 4.85. The van der Waals surface area contributed by atoms with Gasteiger partial charge < -0.3 is 15.0 Å². The van der Waals surface area contributed by atoms with Crippen LogP contribution in [0.5, 0.6) is 11.5 Å². The van der Waals surface area contributed by atoms with Gasteiger partial charge in [0.15, 0.2) is 0 Å². The fourth-order valence-electron chi connectivity index (χ4n) is 3.92. The number of anilines is 2. The molecule has 3 aromatic carbocycles. The minimum atomic E-state index is -0.380. The number of aryl methyl sites for hydroxylation is 3. The number of hydrogen-bond acceptors (Lipinski definition) is 3. The highest BCUT2D eigenvalue weighted by molar-refractivity contribution is 6.04. The molecule has 2 amide bonds. The van der Waals surface area contributed by atoms with Crippen molar-refractivity contribution >= 4 is 23.2 Å². The molecule has 0 saturated carbocycles. The molecule has 0 bridgehead atoms. The van der Waals surface area contributed by atoms with Gasteiger partial charge in [0.05, 0.1) is 5.92 Å². The molecule has 0 radical (unpaired) electrons. The molecule has 5 heteroatoms. The van der Waals surface area contributed by atoms with Gasteiger partial charge in [-0.3, -0.25) is 9.59 Å². The van der Waals surface area contributed by atoms with Crippen molar-refractivity contribution in [3.8, 4) is 11.5 Å². The van der Waals surface area contributed by atoms with Crippen LogP contribution < -0.4 is 15.0 Å². The van der Waals surface area contributed by atoms with E-state index in [2.05, 4.69) is 5.32 Å². The molecule has 1 aliphatic rings. The average Bonchev–Trinajstić information content (AvgIpc) is 3.12. The molecule has 1 N–H and O–H groups in total. The second kappa shape index (κ2) is 8.64. The van der Waals surface area contributed by atoms with Crippen molar-refractivity contribution in [2.45, 2.75) is 27.2 Å². The number of carbonyl (C=O) groups is 2. The highest BCUT2D eigenvalue weighted by Crippen LogP contribution is 2.31. The topological polar surface area (TPSA) is 58.6 Å². The molecule has 4 rings (SSSR count). The molecule has 158 valence electrons. The van der Waals surface area contributed by atoms with Crippen molar-refractivity contribution in [3.05, 3.63) is 83.4 Å².